The molecule has 1 saturated heterocycles. The Morgan fingerprint density at radius 3 is 2.92 bits per heavy atom. The number of aliphatic hydroxyl groups excluding tert-OH is 1. The predicted octanol–water partition coefficient (Wildman–Crippen LogP) is 0.597. The highest BCUT2D eigenvalue weighted by atomic mass is 35.5. The molecule has 0 aromatic heterocycles. The van der Waals surface area contributed by atoms with Gasteiger partial charge in [-0.25, -0.2) is 0 Å². The van der Waals surface area contributed by atoms with Crippen LogP contribution < -0.4 is 0 Å². The zero-order valence-electron chi connectivity index (χ0n) is 7.16. The van der Waals surface area contributed by atoms with E-state index in [-0.39, 0.29) is 12.0 Å². The summed E-state index contributed by atoms with van der Waals surface area (Å²) in [6, 6.07) is 0. The van der Waals surface area contributed by atoms with E-state index in [1.165, 1.54) is 0 Å². The highest BCUT2D eigenvalue weighted by Crippen LogP contribution is 2.13. The van der Waals surface area contributed by atoms with E-state index in [4.69, 9.17) is 16.7 Å². The second kappa shape index (κ2) is 4.10. The van der Waals surface area contributed by atoms with Gasteiger partial charge in [-0.15, -0.1) is 11.6 Å². The van der Waals surface area contributed by atoms with Gasteiger partial charge in [-0.3, -0.25) is 4.79 Å². The third-order valence-corrected chi connectivity index (χ3v) is 2.60. The molecule has 1 N–H and O–H groups in total. The molecule has 0 aliphatic carbocycles. The van der Waals surface area contributed by atoms with Crippen molar-refractivity contribution < 1.29 is 9.90 Å². The molecular formula is C8H14ClNO2. The maximum absolute atomic E-state index is 11.4. The summed E-state index contributed by atoms with van der Waals surface area (Å²) in [7, 11) is 0. The quantitative estimate of drug-likeness (QED) is 0.650. The van der Waals surface area contributed by atoms with E-state index in [0.29, 0.717) is 25.9 Å². The minimum atomic E-state index is -0.421. The minimum Gasteiger partial charge on any atom is -0.391 e. The van der Waals surface area contributed by atoms with Crippen LogP contribution in [0.5, 0.6) is 0 Å². The second-order valence-corrected chi connectivity index (χ2v) is 3.63. The van der Waals surface area contributed by atoms with Crippen LogP contribution in [0.15, 0.2) is 0 Å². The highest BCUT2D eigenvalue weighted by Gasteiger charge is 2.27. The number of hydrogen-bond donors (Lipinski definition) is 1. The molecule has 1 amide bonds. The van der Waals surface area contributed by atoms with Gasteiger partial charge in [0, 0.05) is 13.1 Å². The van der Waals surface area contributed by atoms with Crippen molar-refractivity contribution in [3.05, 3.63) is 0 Å². The molecule has 12 heavy (non-hydrogen) atoms. The first-order valence-corrected chi connectivity index (χ1v) is 4.69. The first kappa shape index (κ1) is 9.81. The van der Waals surface area contributed by atoms with Gasteiger partial charge < -0.3 is 10.0 Å². The topological polar surface area (TPSA) is 40.5 Å². The molecule has 0 radical (unpaired) electrons. The molecule has 1 heterocycles. The molecule has 1 fully saturated rings. The maximum atomic E-state index is 11.4. The normalized spacial score (nSPS) is 25.9. The number of amides is 1. The van der Waals surface area contributed by atoms with Gasteiger partial charge in [-0.05, 0) is 12.8 Å². The summed E-state index contributed by atoms with van der Waals surface area (Å²) >= 11 is 5.77. The predicted molar refractivity (Wildman–Crippen MR) is 47.1 cm³/mol. The van der Waals surface area contributed by atoms with Crippen LogP contribution in [0.2, 0.25) is 0 Å². The summed E-state index contributed by atoms with van der Waals surface area (Å²) in [4.78, 5) is 13.0. The van der Waals surface area contributed by atoms with Gasteiger partial charge in [-0.2, -0.15) is 0 Å². The summed E-state index contributed by atoms with van der Waals surface area (Å²) in [5, 5.41) is 8.74. The molecule has 0 aromatic carbocycles. The number of nitrogens with zero attached hydrogens (tertiary/aromatic N) is 1. The van der Waals surface area contributed by atoms with Crippen molar-refractivity contribution in [1.29, 1.82) is 0 Å². The number of aliphatic hydroxyl groups is 1. The maximum Gasteiger partial charge on any atom is 0.240 e. The third kappa shape index (κ3) is 2.11. The van der Waals surface area contributed by atoms with Gasteiger partial charge in [0.25, 0.3) is 0 Å². The molecule has 0 aromatic rings. The lowest BCUT2D eigenvalue weighted by Gasteiger charge is -2.17. The lowest BCUT2D eigenvalue weighted by atomic mass is 10.3. The largest absolute Gasteiger partial charge is 0.391 e. The average Bonchev–Trinajstić information content (AvgIpc) is 2.49. The van der Waals surface area contributed by atoms with Crippen molar-refractivity contribution in [3.63, 3.8) is 0 Å². The Balaban J connectivity index is 2.43. The van der Waals surface area contributed by atoms with Crippen LogP contribution in [0, 0.1) is 0 Å². The first-order valence-electron chi connectivity index (χ1n) is 4.26. The van der Waals surface area contributed by atoms with E-state index in [1.807, 2.05) is 6.92 Å². The molecule has 1 aliphatic rings. The second-order valence-electron chi connectivity index (χ2n) is 3.10. The summed E-state index contributed by atoms with van der Waals surface area (Å²) in [5.41, 5.74) is 0. The fraction of sp³-hybridized carbons (Fsp3) is 0.875. The number of carbonyl (C=O) groups is 1. The Morgan fingerprint density at radius 1 is 1.83 bits per heavy atom. The Hall–Kier alpha value is -0.280. The zero-order chi connectivity index (χ0) is 9.14. The van der Waals surface area contributed by atoms with Gasteiger partial charge >= 0.3 is 0 Å². The van der Waals surface area contributed by atoms with E-state index in [9.17, 15) is 4.79 Å². The minimum absolute atomic E-state index is 0.0456. The summed E-state index contributed by atoms with van der Waals surface area (Å²) < 4.78 is 0. The van der Waals surface area contributed by atoms with Crippen molar-refractivity contribution in [2.45, 2.75) is 31.2 Å². The number of β-amino-alcohol motifs (C(OH)–C–C–N with tert-alkyl or cyclic N) is 1. The van der Waals surface area contributed by atoms with Crippen LogP contribution in [0.3, 0.4) is 0 Å². The van der Waals surface area contributed by atoms with Crippen LogP contribution in [-0.2, 0) is 4.79 Å². The fourth-order valence-electron chi connectivity index (χ4n) is 1.31. The van der Waals surface area contributed by atoms with E-state index >= 15 is 0 Å². The van der Waals surface area contributed by atoms with Gasteiger partial charge in [0.15, 0.2) is 0 Å². The van der Waals surface area contributed by atoms with Crippen LogP contribution >= 0.6 is 11.6 Å². The van der Waals surface area contributed by atoms with Crippen LogP contribution in [0.4, 0.5) is 0 Å². The van der Waals surface area contributed by atoms with Crippen molar-refractivity contribution in [3.8, 4) is 0 Å². The average molecular weight is 192 g/mol. The number of hydrogen-bond acceptors (Lipinski definition) is 2. The smallest absolute Gasteiger partial charge is 0.240 e. The molecule has 4 heteroatoms. The van der Waals surface area contributed by atoms with Gasteiger partial charge in [0.05, 0.1) is 6.10 Å². The van der Waals surface area contributed by atoms with Gasteiger partial charge in [-0.1, -0.05) is 6.92 Å². The van der Waals surface area contributed by atoms with Crippen molar-refractivity contribution >= 4 is 17.5 Å². The van der Waals surface area contributed by atoms with E-state index < -0.39 is 5.38 Å². The van der Waals surface area contributed by atoms with Crippen LogP contribution in [0.1, 0.15) is 19.8 Å². The Bertz CT molecular complexity index is 174. The molecule has 1 rings (SSSR count). The Morgan fingerprint density at radius 2 is 2.50 bits per heavy atom. The molecule has 3 nitrogen and oxygen atoms in total. The molecule has 70 valence electrons. The Kier molecular flexibility index (Phi) is 3.35. The summed E-state index contributed by atoms with van der Waals surface area (Å²) in [6.45, 7) is 2.97. The molecule has 1 aliphatic heterocycles. The van der Waals surface area contributed by atoms with E-state index in [1.54, 1.807) is 4.90 Å². The van der Waals surface area contributed by atoms with Crippen LogP contribution in [-0.4, -0.2) is 40.5 Å². The summed E-state index contributed by atoms with van der Waals surface area (Å²) in [6.07, 6.45) is 0.973. The van der Waals surface area contributed by atoms with E-state index in [2.05, 4.69) is 0 Å². The van der Waals surface area contributed by atoms with E-state index in [0.717, 1.165) is 0 Å². The van der Waals surface area contributed by atoms with Crippen molar-refractivity contribution in [1.82, 2.24) is 4.90 Å². The molecular weight excluding hydrogens is 178 g/mol. The monoisotopic (exact) mass is 191 g/mol. The molecule has 0 unspecified atom stereocenters. The number of halogens is 1. The van der Waals surface area contributed by atoms with Gasteiger partial charge in [0.2, 0.25) is 5.91 Å². The standard InChI is InChI=1S/C8H14ClNO2/c1-2-7(9)8(12)10-4-3-6(11)5-10/h6-7,11H,2-5H2,1H3/t6-,7-/m0/s1. The van der Waals surface area contributed by atoms with Crippen molar-refractivity contribution in [2.75, 3.05) is 13.1 Å². The first-order chi connectivity index (χ1) is 5.65. The summed E-state index contributed by atoms with van der Waals surface area (Å²) in [5.74, 6) is -0.0456. The molecule has 2 atom stereocenters. The zero-order valence-corrected chi connectivity index (χ0v) is 7.92. The molecule has 0 saturated carbocycles. The number of alkyl halides is 1. The lowest BCUT2D eigenvalue weighted by Crippen LogP contribution is -2.35. The molecule has 0 spiro atoms. The third-order valence-electron chi connectivity index (χ3n) is 2.10. The number of rotatable bonds is 2. The number of likely N-dealkylation sites (tertiary alicyclic amines) is 1. The van der Waals surface area contributed by atoms with Crippen molar-refractivity contribution in [2.24, 2.45) is 0 Å². The Labute approximate surface area is 77.3 Å². The number of carbonyl (C=O) groups excluding carboxylic acids is 1. The fourth-order valence-corrected chi connectivity index (χ4v) is 1.45. The van der Waals surface area contributed by atoms with Gasteiger partial charge in [0.1, 0.15) is 5.38 Å². The SMILES string of the molecule is CC[C@H](Cl)C(=O)N1CC[C@H](O)C1. The van der Waals surface area contributed by atoms with Crippen LogP contribution in [0.25, 0.3) is 0 Å². The lowest BCUT2D eigenvalue weighted by molar-refractivity contribution is -0.130. The highest BCUT2D eigenvalue weighted by molar-refractivity contribution is 6.30. The molecule has 0 bridgehead atoms.